The maximum atomic E-state index is 12.6. The first kappa shape index (κ1) is 15.5. The van der Waals surface area contributed by atoms with E-state index in [4.69, 9.17) is 11.6 Å². The van der Waals surface area contributed by atoms with Crippen LogP contribution in [0.1, 0.15) is 16.1 Å². The van der Waals surface area contributed by atoms with E-state index in [1.807, 2.05) is 0 Å². The number of halogens is 1. The fraction of sp³-hybridized carbons (Fsp3) is 0.267. The van der Waals surface area contributed by atoms with Gasteiger partial charge in [0, 0.05) is 13.1 Å². The predicted octanol–water partition coefficient (Wildman–Crippen LogP) is 3.09. The second kappa shape index (κ2) is 6.02. The lowest BCUT2D eigenvalue weighted by molar-refractivity contribution is 0.0798. The van der Waals surface area contributed by atoms with Crippen LogP contribution in [0.15, 0.2) is 47.4 Å². The molecule has 2 heterocycles. The number of hydrogen-bond acceptors (Lipinski definition) is 4. The zero-order chi connectivity index (χ0) is 15.7. The smallest absolute Gasteiger partial charge is 0.264 e. The summed E-state index contributed by atoms with van der Waals surface area (Å²) in [5.41, 5.74) is 0. The summed E-state index contributed by atoms with van der Waals surface area (Å²) in [7, 11) is -3.40. The Hall–Kier alpha value is -1.37. The molecule has 3 rings (SSSR count). The van der Waals surface area contributed by atoms with Crippen molar-refractivity contribution in [3.05, 3.63) is 51.7 Å². The van der Waals surface area contributed by atoms with Gasteiger partial charge in [0.05, 0.1) is 19.4 Å². The third-order valence-electron chi connectivity index (χ3n) is 3.73. The van der Waals surface area contributed by atoms with E-state index in [2.05, 4.69) is 0 Å². The normalized spacial score (nSPS) is 18.6. The van der Waals surface area contributed by atoms with Crippen molar-refractivity contribution in [2.45, 2.75) is 16.6 Å². The van der Waals surface area contributed by atoms with Gasteiger partial charge >= 0.3 is 0 Å². The molecule has 22 heavy (non-hydrogen) atoms. The topological polar surface area (TPSA) is 54.5 Å². The van der Waals surface area contributed by atoms with Crippen LogP contribution in [0.25, 0.3) is 0 Å². The number of sulfone groups is 1. The second-order valence-corrected chi connectivity index (χ2v) is 9.07. The van der Waals surface area contributed by atoms with E-state index in [0.717, 1.165) is 0 Å². The minimum Gasteiger partial charge on any atom is -0.337 e. The maximum Gasteiger partial charge on any atom is 0.264 e. The lowest BCUT2D eigenvalue weighted by Gasteiger charge is -2.16. The quantitative estimate of drug-likeness (QED) is 0.850. The molecule has 0 bridgehead atoms. The Kier molecular flexibility index (Phi) is 4.25. The molecule has 1 atom stereocenters. The van der Waals surface area contributed by atoms with Gasteiger partial charge in [-0.25, -0.2) is 8.42 Å². The summed E-state index contributed by atoms with van der Waals surface area (Å²) in [5.74, 6) is -0.150. The number of carbonyl (C=O) groups excluding carboxylic acids is 1. The second-order valence-electron chi connectivity index (χ2n) is 5.12. The first-order valence-corrected chi connectivity index (χ1v) is 9.56. The van der Waals surface area contributed by atoms with Crippen molar-refractivity contribution < 1.29 is 13.2 Å². The zero-order valence-corrected chi connectivity index (χ0v) is 14.0. The van der Waals surface area contributed by atoms with Gasteiger partial charge in [0.15, 0.2) is 9.84 Å². The van der Waals surface area contributed by atoms with Crippen LogP contribution in [-0.2, 0) is 9.84 Å². The minimum atomic E-state index is -3.40. The van der Waals surface area contributed by atoms with Gasteiger partial charge in [0.2, 0.25) is 0 Å². The van der Waals surface area contributed by atoms with Crippen LogP contribution in [0.5, 0.6) is 0 Å². The number of thiophene rings is 1. The molecule has 0 spiro atoms. The zero-order valence-electron chi connectivity index (χ0n) is 11.6. The fourth-order valence-corrected chi connectivity index (χ4v) is 5.28. The summed E-state index contributed by atoms with van der Waals surface area (Å²) in [6.07, 6.45) is 0.460. The number of hydrogen-bond donors (Lipinski definition) is 0. The van der Waals surface area contributed by atoms with E-state index in [9.17, 15) is 13.2 Å². The van der Waals surface area contributed by atoms with Gasteiger partial charge in [-0.05, 0) is 30.7 Å². The molecule has 0 aliphatic carbocycles. The average molecular weight is 356 g/mol. The number of amides is 1. The van der Waals surface area contributed by atoms with Gasteiger partial charge in [0.25, 0.3) is 5.91 Å². The molecule has 1 aliphatic heterocycles. The summed E-state index contributed by atoms with van der Waals surface area (Å²) < 4.78 is 25.7. The van der Waals surface area contributed by atoms with Crippen LogP contribution in [0.4, 0.5) is 0 Å². The predicted molar refractivity (Wildman–Crippen MR) is 87.3 cm³/mol. The molecule has 116 valence electrons. The number of carbonyl (C=O) groups is 1. The van der Waals surface area contributed by atoms with Gasteiger partial charge in [-0.15, -0.1) is 11.3 Å². The highest BCUT2D eigenvalue weighted by Gasteiger charge is 2.36. The molecule has 0 N–H and O–H groups in total. The summed E-state index contributed by atoms with van der Waals surface area (Å²) in [6, 6.07) is 11.7. The van der Waals surface area contributed by atoms with Gasteiger partial charge in [0.1, 0.15) is 0 Å². The lowest BCUT2D eigenvalue weighted by atomic mass is 10.4. The Labute approximate surface area is 138 Å². The number of rotatable bonds is 3. The molecule has 1 aromatic carbocycles. The Bertz CT molecular complexity index is 786. The van der Waals surface area contributed by atoms with Gasteiger partial charge in [-0.1, -0.05) is 29.8 Å². The molecule has 7 heteroatoms. The van der Waals surface area contributed by atoms with E-state index in [1.54, 1.807) is 47.4 Å². The highest BCUT2D eigenvalue weighted by molar-refractivity contribution is 7.92. The third kappa shape index (κ3) is 2.91. The van der Waals surface area contributed by atoms with E-state index in [1.165, 1.54) is 11.3 Å². The Morgan fingerprint density at radius 3 is 2.55 bits per heavy atom. The van der Waals surface area contributed by atoms with Crippen molar-refractivity contribution in [3.8, 4) is 0 Å². The Balaban J connectivity index is 1.76. The molecule has 1 saturated heterocycles. The van der Waals surface area contributed by atoms with Crippen molar-refractivity contribution in [3.63, 3.8) is 0 Å². The van der Waals surface area contributed by atoms with E-state index < -0.39 is 15.1 Å². The first-order valence-electron chi connectivity index (χ1n) is 6.82. The maximum absolute atomic E-state index is 12.6. The number of nitrogens with zero attached hydrogens (tertiary/aromatic N) is 1. The standard InChI is InChI=1S/C15H14ClNO3S2/c16-14-7-6-13(21-14)15(18)17-9-8-12(10-17)22(19,20)11-4-2-1-3-5-11/h1-7,12H,8-10H2/t12-/m1/s1. The molecule has 0 unspecified atom stereocenters. The molecule has 0 saturated carbocycles. The van der Waals surface area contributed by atoms with Crippen LogP contribution in [0, 0.1) is 0 Å². The van der Waals surface area contributed by atoms with Crippen LogP contribution in [0.2, 0.25) is 4.34 Å². The minimum absolute atomic E-state index is 0.150. The van der Waals surface area contributed by atoms with Crippen molar-refractivity contribution in [2.24, 2.45) is 0 Å². The monoisotopic (exact) mass is 355 g/mol. The van der Waals surface area contributed by atoms with Gasteiger partial charge in [-0.2, -0.15) is 0 Å². The molecule has 4 nitrogen and oxygen atoms in total. The van der Waals surface area contributed by atoms with Crippen LogP contribution >= 0.6 is 22.9 Å². The molecule has 1 fully saturated rings. The number of benzene rings is 1. The van der Waals surface area contributed by atoms with E-state index >= 15 is 0 Å². The highest BCUT2D eigenvalue weighted by Crippen LogP contribution is 2.27. The van der Waals surface area contributed by atoms with Crippen molar-refractivity contribution >= 4 is 38.7 Å². The summed E-state index contributed by atoms with van der Waals surface area (Å²) in [4.78, 5) is 14.8. The van der Waals surface area contributed by atoms with Crippen molar-refractivity contribution in [1.82, 2.24) is 4.90 Å². The summed E-state index contributed by atoms with van der Waals surface area (Å²) in [6.45, 7) is 0.677. The van der Waals surface area contributed by atoms with Crippen molar-refractivity contribution in [2.75, 3.05) is 13.1 Å². The molecule has 1 aromatic heterocycles. The van der Waals surface area contributed by atoms with E-state index in [0.29, 0.717) is 27.1 Å². The van der Waals surface area contributed by atoms with Gasteiger partial charge < -0.3 is 4.90 Å². The average Bonchev–Trinajstić information content (AvgIpc) is 3.17. The molecular formula is C15H14ClNO3S2. The lowest BCUT2D eigenvalue weighted by Crippen LogP contribution is -2.31. The van der Waals surface area contributed by atoms with Gasteiger partial charge in [-0.3, -0.25) is 4.79 Å². The van der Waals surface area contributed by atoms with Crippen LogP contribution in [0.3, 0.4) is 0 Å². The van der Waals surface area contributed by atoms with Crippen LogP contribution in [-0.4, -0.2) is 37.6 Å². The molecular weight excluding hydrogens is 342 g/mol. The molecule has 1 amide bonds. The third-order valence-corrected chi connectivity index (χ3v) is 7.14. The highest BCUT2D eigenvalue weighted by atomic mass is 35.5. The SMILES string of the molecule is O=C(c1ccc(Cl)s1)N1CC[C@@H](S(=O)(=O)c2ccccc2)C1. The number of likely N-dealkylation sites (tertiary alicyclic amines) is 1. The molecule has 0 radical (unpaired) electrons. The van der Waals surface area contributed by atoms with Crippen molar-refractivity contribution in [1.29, 1.82) is 0 Å². The Morgan fingerprint density at radius 2 is 1.91 bits per heavy atom. The van der Waals surface area contributed by atoms with Crippen LogP contribution < -0.4 is 0 Å². The fourth-order valence-electron chi connectivity index (χ4n) is 2.55. The Morgan fingerprint density at radius 1 is 1.18 bits per heavy atom. The summed E-state index contributed by atoms with van der Waals surface area (Å²) in [5, 5.41) is -0.547. The largest absolute Gasteiger partial charge is 0.337 e. The first-order chi connectivity index (χ1) is 10.5. The molecule has 1 aliphatic rings. The summed E-state index contributed by atoms with van der Waals surface area (Å²) >= 11 is 7.06. The van der Waals surface area contributed by atoms with E-state index in [-0.39, 0.29) is 12.5 Å². The molecule has 2 aromatic rings.